The summed E-state index contributed by atoms with van der Waals surface area (Å²) in [5, 5.41) is 3.14. The van der Waals surface area contributed by atoms with Crippen molar-refractivity contribution in [2.24, 2.45) is 5.41 Å². The lowest BCUT2D eigenvalue weighted by Gasteiger charge is -2.18. The lowest BCUT2D eigenvalue weighted by molar-refractivity contribution is 0.0593. The van der Waals surface area contributed by atoms with E-state index in [0.717, 1.165) is 13.0 Å². The van der Waals surface area contributed by atoms with Gasteiger partial charge in [-0.05, 0) is 11.8 Å². The van der Waals surface area contributed by atoms with Gasteiger partial charge < -0.3 is 10.1 Å². The molecule has 0 bridgehead atoms. The van der Waals surface area contributed by atoms with E-state index in [0.29, 0.717) is 5.82 Å². The summed E-state index contributed by atoms with van der Waals surface area (Å²) in [6, 6.07) is 0. The molecule has 0 aliphatic rings. The zero-order chi connectivity index (χ0) is 12.9. The van der Waals surface area contributed by atoms with Crippen LogP contribution in [0, 0.1) is 5.41 Å². The summed E-state index contributed by atoms with van der Waals surface area (Å²) in [4.78, 5) is 19.3. The SMILES string of the molecule is COC(=O)c1cncc(NCCC(C)(C)C)n1. The zero-order valence-corrected chi connectivity index (χ0v) is 10.8. The summed E-state index contributed by atoms with van der Waals surface area (Å²) in [5.74, 6) is 0.120. The second kappa shape index (κ2) is 5.61. The third-order valence-corrected chi connectivity index (χ3v) is 2.21. The number of carbonyl (C=O) groups is 1. The molecule has 1 heterocycles. The number of aromatic nitrogens is 2. The topological polar surface area (TPSA) is 64.1 Å². The van der Waals surface area contributed by atoms with Gasteiger partial charge in [-0.25, -0.2) is 9.78 Å². The maximum atomic E-state index is 11.2. The lowest BCUT2D eigenvalue weighted by atomic mass is 9.92. The van der Waals surface area contributed by atoms with Gasteiger partial charge in [-0.1, -0.05) is 20.8 Å². The molecule has 94 valence electrons. The minimum absolute atomic E-state index is 0.216. The Kier molecular flexibility index (Phi) is 4.43. The van der Waals surface area contributed by atoms with Crippen LogP contribution in [0.15, 0.2) is 12.4 Å². The first-order valence-corrected chi connectivity index (χ1v) is 5.56. The predicted molar refractivity (Wildman–Crippen MR) is 65.9 cm³/mol. The summed E-state index contributed by atoms with van der Waals surface area (Å²) in [6.07, 6.45) is 3.99. The van der Waals surface area contributed by atoms with E-state index in [-0.39, 0.29) is 11.1 Å². The number of ether oxygens (including phenoxy) is 1. The van der Waals surface area contributed by atoms with E-state index < -0.39 is 5.97 Å². The number of esters is 1. The average molecular weight is 237 g/mol. The number of rotatable bonds is 4. The summed E-state index contributed by atoms with van der Waals surface area (Å²) in [5.41, 5.74) is 0.480. The summed E-state index contributed by atoms with van der Waals surface area (Å²) < 4.78 is 4.58. The van der Waals surface area contributed by atoms with Crippen LogP contribution in [0.1, 0.15) is 37.7 Å². The van der Waals surface area contributed by atoms with Crippen LogP contribution in [0.2, 0.25) is 0 Å². The van der Waals surface area contributed by atoms with Crippen LogP contribution in [0.4, 0.5) is 5.82 Å². The Morgan fingerprint density at radius 2 is 2.12 bits per heavy atom. The summed E-state index contributed by atoms with van der Waals surface area (Å²) in [6.45, 7) is 7.31. The lowest BCUT2D eigenvalue weighted by Crippen LogP contribution is -2.14. The van der Waals surface area contributed by atoms with Gasteiger partial charge in [0.2, 0.25) is 0 Å². The molecule has 5 nitrogen and oxygen atoms in total. The standard InChI is InChI=1S/C12H19N3O2/c1-12(2,3)5-6-14-10-8-13-7-9(15-10)11(16)17-4/h7-8H,5-6H2,1-4H3,(H,14,15). The largest absolute Gasteiger partial charge is 0.464 e. The molecule has 1 rings (SSSR count). The maximum Gasteiger partial charge on any atom is 0.358 e. The van der Waals surface area contributed by atoms with Gasteiger partial charge in [0, 0.05) is 6.54 Å². The second-order valence-corrected chi connectivity index (χ2v) is 5.02. The Hall–Kier alpha value is -1.65. The molecule has 1 aromatic heterocycles. The van der Waals surface area contributed by atoms with Crippen molar-refractivity contribution in [3.63, 3.8) is 0 Å². The zero-order valence-electron chi connectivity index (χ0n) is 10.8. The van der Waals surface area contributed by atoms with E-state index in [9.17, 15) is 4.79 Å². The third-order valence-electron chi connectivity index (χ3n) is 2.21. The second-order valence-electron chi connectivity index (χ2n) is 5.02. The van der Waals surface area contributed by atoms with Gasteiger partial charge in [0.25, 0.3) is 0 Å². The number of carbonyl (C=O) groups excluding carboxylic acids is 1. The molecular formula is C12H19N3O2. The molecule has 17 heavy (non-hydrogen) atoms. The van der Waals surface area contributed by atoms with Crippen LogP contribution >= 0.6 is 0 Å². The Balaban J connectivity index is 2.57. The monoisotopic (exact) mass is 237 g/mol. The Labute approximate surface area is 102 Å². The number of nitrogens with zero attached hydrogens (tertiary/aromatic N) is 2. The van der Waals surface area contributed by atoms with Gasteiger partial charge in [0.15, 0.2) is 5.69 Å². The third kappa shape index (κ3) is 4.80. The van der Waals surface area contributed by atoms with Gasteiger partial charge in [-0.2, -0.15) is 0 Å². The molecule has 0 aromatic carbocycles. The molecule has 1 aromatic rings. The van der Waals surface area contributed by atoms with Crippen LogP contribution in [0.5, 0.6) is 0 Å². The van der Waals surface area contributed by atoms with Gasteiger partial charge in [-0.15, -0.1) is 0 Å². The predicted octanol–water partition coefficient (Wildman–Crippen LogP) is 2.11. The van der Waals surface area contributed by atoms with E-state index in [2.05, 4.69) is 40.8 Å². The molecule has 1 N–H and O–H groups in total. The Morgan fingerprint density at radius 3 is 2.71 bits per heavy atom. The van der Waals surface area contributed by atoms with Gasteiger partial charge in [0.05, 0.1) is 19.5 Å². The van der Waals surface area contributed by atoms with E-state index >= 15 is 0 Å². The molecule has 0 unspecified atom stereocenters. The molecule has 0 saturated heterocycles. The Bertz CT molecular complexity index is 386. The van der Waals surface area contributed by atoms with Gasteiger partial charge >= 0.3 is 5.97 Å². The van der Waals surface area contributed by atoms with Crippen LogP contribution in [-0.4, -0.2) is 29.6 Å². The van der Waals surface area contributed by atoms with Crippen molar-refractivity contribution in [1.82, 2.24) is 9.97 Å². The molecule has 0 aliphatic carbocycles. The first-order chi connectivity index (χ1) is 7.92. The fourth-order valence-electron chi connectivity index (χ4n) is 1.22. The molecule has 0 fully saturated rings. The number of methoxy groups -OCH3 is 1. The molecule has 0 amide bonds. The van der Waals surface area contributed by atoms with Crippen molar-refractivity contribution < 1.29 is 9.53 Å². The molecule has 0 aliphatic heterocycles. The minimum atomic E-state index is -0.475. The summed E-state index contributed by atoms with van der Waals surface area (Å²) in [7, 11) is 1.32. The molecule has 0 saturated carbocycles. The quantitative estimate of drug-likeness (QED) is 0.812. The first kappa shape index (κ1) is 13.4. The van der Waals surface area contributed by atoms with Crippen LogP contribution < -0.4 is 5.32 Å². The average Bonchev–Trinajstić information content (AvgIpc) is 2.27. The number of hydrogen-bond donors (Lipinski definition) is 1. The van der Waals surface area contributed by atoms with Crippen LogP contribution in [0.25, 0.3) is 0 Å². The molecule has 0 spiro atoms. The van der Waals surface area contributed by atoms with E-state index in [1.54, 1.807) is 6.20 Å². The number of hydrogen-bond acceptors (Lipinski definition) is 5. The highest BCUT2D eigenvalue weighted by atomic mass is 16.5. The fourth-order valence-corrected chi connectivity index (χ4v) is 1.22. The van der Waals surface area contributed by atoms with E-state index in [4.69, 9.17) is 0 Å². The molecular weight excluding hydrogens is 218 g/mol. The van der Waals surface area contributed by atoms with Gasteiger partial charge in [-0.3, -0.25) is 4.98 Å². The smallest absolute Gasteiger partial charge is 0.358 e. The fraction of sp³-hybridized carbons (Fsp3) is 0.583. The summed E-state index contributed by atoms with van der Waals surface area (Å²) >= 11 is 0. The maximum absolute atomic E-state index is 11.2. The number of anilines is 1. The van der Waals surface area contributed by atoms with E-state index in [1.807, 2.05) is 0 Å². The number of nitrogens with one attached hydrogen (secondary N) is 1. The molecule has 5 heteroatoms. The normalized spacial score (nSPS) is 11.1. The minimum Gasteiger partial charge on any atom is -0.464 e. The Morgan fingerprint density at radius 1 is 1.41 bits per heavy atom. The van der Waals surface area contributed by atoms with Crippen LogP contribution in [0.3, 0.4) is 0 Å². The van der Waals surface area contributed by atoms with E-state index in [1.165, 1.54) is 13.3 Å². The van der Waals surface area contributed by atoms with Crippen molar-refractivity contribution in [3.8, 4) is 0 Å². The van der Waals surface area contributed by atoms with Gasteiger partial charge in [0.1, 0.15) is 5.82 Å². The highest BCUT2D eigenvalue weighted by molar-refractivity contribution is 5.87. The van der Waals surface area contributed by atoms with Crippen molar-refractivity contribution in [2.45, 2.75) is 27.2 Å². The van der Waals surface area contributed by atoms with Crippen molar-refractivity contribution >= 4 is 11.8 Å². The van der Waals surface area contributed by atoms with Crippen molar-refractivity contribution in [1.29, 1.82) is 0 Å². The first-order valence-electron chi connectivity index (χ1n) is 5.56. The van der Waals surface area contributed by atoms with Crippen molar-refractivity contribution in [3.05, 3.63) is 18.1 Å². The highest BCUT2D eigenvalue weighted by Crippen LogP contribution is 2.18. The highest BCUT2D eigenvalue weighted by Gasteiger charge is 2.11. The van der Waals surface area contributed by atoms with Crippen molar-refractivity contribution in [2.75, 3.05) is 19.0 Å². The molecule has 0 atom stereocenters. The molecule has 0 radical (unpaired) electrons. The van der Waals surface area contributed by atoms with Crippen LogP contribution in [-0.2, 0) is 4.74 Å².